The molecule has 0 spiro atoms. The molecule has 0 saturated heterocycles. The van der Waals surface area contributed by atoms with Crippen molar-refractivity contribution in [2.45, 2.75) is 56.7 Å². The normalized spacial score (nSPS) is 19.1. The molecule has 1 aliphatic rings. The molecule has 0 radical (unpaired) electrons. The molecule has 2 atom stereocenters. The van der Waals surface area contributed by atoms with Gasteiger partial charge in [0, 0.05) is 10.3 Å². The lowest BCUT2D eigenvalue weighted by atomic mass is 9.89. The Morgan fingerprint density at radius 1 is 1.50 bits per heavy atom. The number of hydrogen-bond acceptors (Lipinski definition) is 5. The Morgan fingerprint density at radius 3 is 2.95 bits per heavy atom. The number of carbonyl (C=O) groups excluding carboxylic acids is 1. The minimum Gasteiger partial charge on any atom is -0.369 e. The minimum atomic E-state index is -0.269. The molecule has 2 N–H and O–H groups in total. The smallest absolute Gasteiger partial charge is 0.230 e. The first-order valence-electron chi connectivity index (χ1n) is 7.74. The standard InChI is InChI=1S/C16H21N3OS2/c1-4-11(14(17)20)21-15-13-10-6-5-8(2)7-12(10)22-16(13)19-9(3)18-15/h8,11H,4-7H2,1-3H3,(H2,17,20). The van der Waals surface area contributed by atoms with E-state index in [1.54, 1.807) is 11.3 Å². The zero-order valence-corrected chi connectivity index (χ0v) is 14.8. The van der Waals surface area contributed by atoms with Gasteiger partial charge in [-0.3, -0.25) is 4.79 Å². The highest BCUT2D eigenvalue weighted by Gasteiger charge is 2.25. The summed E-state index contributed by atoms with van der Waals surface area (Å²) in [6, 6.07) is 0. The maximum atomic E-state index is 11.6. The molecule has 2 unspecified atom stereocenters. The lowest BCUT2D eigenvalue weighted by Gasteiger charge is -2.18. The third-order valence-electron chi connectivity index (χ3n) is 4.18. The van der Waals surface area contributed by atoms with Crippen molar-refractivity contribution in [1.29, 1.82) is 0 Å². The first kappa shape index (κ1) is 15.7. The molecule has 22 heavy (non-hydrogen) atoms. The summed E-state index contributed by atoms with van der Waals surface area (Å²) in [6.45, 7) is 6.20. The molecule has 0 aromatic carbocycles. The average molecular weight is 335 g/mol. The van der Waals surface area contributed by atoms with Crippen LogP contribution < -0.4 is 5.73 Å². The van der Waals surface area contributed by atoms with Gasteiger partial charge in [0.25, 0.3) is 0 Å². The van der Waals surface area contributed by atoms with E-state index >= 15 is 0 Å². The second-order valence-electron chi connectivity index (χ2n) is 6.02. The highest BCUT2D eigenvalue weighted by atomic mass is 32.2. The van der Waals surface area contributed by atoms with Gasteiger partial charge in [-0.15, -0.1) is 11.3 Å². The number of thioether (sulfide) groups is 1. The highest BCUT2D eigenvalue weighted by molar-refractivity contribution is 8.00. The van der Waals surface area contributed by atoms with Crippen LogP contribution in [0.25, 0.3) is 10.2 Å². The van der Waals surface area contributed by atoms with E-state index < -0.39 is 0 Å². The van der Waals surface area contributed by atoms with E-state index in [9.17, 15) is 4.79 Å². The van der Waals surface area contributed by atoms with Crippen LogP contribution in [0, 0.1) is 12.8 Å². The van der Waals surface area contributed by atoms with Crippen LogP contribution in [-0.4, -0.2) is 21.1 Å². The van der Waals surface area contributed by atoms with Crippen LogP contribution in [0.3, 0.4) is 0 Å². The summed E-state index contributed by atoms with van der Waals surface area (Å²) >= 11 is 3.29. The number of fused-ring (bicyclic) bond motifs is 3. The SMILES string of the molecule is CCC(Sc1nc(C)nc2sc3c(c12)CCC(C)C3)C(N)=O. The number of hydrogen-bond donors (Lipinski definition) is 1. The molecule has 0 fully saturated rings. The molecule has 0 saturated carbocycles. The molecule has 2 heterocycles. The molecule has 3 rings (SSSR count). The number of rotatable bonds is 4. The van der Waals surface area contributed by atoms with Crippen LogP contribution in [0.1, 0.15) is 43.0 Å². The fourth-order valence-corrected chi connectivity index (χ4v) is 5.54. The maximum Gasteiger partial charge on any atom is 0.230 e. The number of carbonyl (C=O) groups is 1. The lowest BCUT2D eigenvalue weighted by Crippen LogP contribution is -2.25. The Balaban J connectivity index is 2.11. The molecule has 118 valence electrons. The lowest BCUT2D eigenvalue weighted by molar-refractivity contribution is -0.117. The molecule has 1 aliphatic carbocycles. The Morgan fingerprint density at radius 2 is 2.27 bits per heavy atom. The zero-order valence-electron chi connectivity index (χ0n) is 13.2. The van der Waals surface area contributed by atoms with Gasteiger partial charge in [0.2, 0.25) is 5.91 Å². The summed E-state index contributed by atoms with van der Waals surface area (Å²) in [7, 11) is 0. The molecule has 2 aromatic rings. The number of aromatic nitrogens is 2. The van der Waals surface area contributed by atoms with Gasteiger partial charge in [0.1, 0.15) is 15.7 Å². The van der Waals surface area contributed by atoms with Gasteiger partial charge < -0.3 is 5.73 Å². The number of aryl methyl sites for hydroxylation is 2. The predicted octanol–water partition coefficient (Wildman–Crippen LogP) is 3.48. The van der Waals surface area contributed by atoms with Crippen LogP contribution in [0.4, 0.5) is 0 Å². The first-order chi connectivity index (χ1) is 10.5. The van der Waals surface area contributed by atoms with E-state index in [1.807, 2.05) is 13.8 Å². The number of nitrogens with zero attached hydrogens (tertiary/aromatic N) is 2. The second kappa shape index (κ2) is 6.16. The first-order valence-corrected chi connectivity index (χ1v) is 9.44. The Kier molecular flexibility index (Phi) is 4.41. The van der Waals surface area contributed by atoms with Gasteiger partial charge in [-0.25, -0.2) is 9.97 Å². The van der Waals surface area contributed by atoms with Gasteiger partial charge in [0.05, 0.1) is 5.25 Å². The predicted molar refractivity (Wildman–Crippen MR) is 92.5 cm³/mol. The van der Waals surface area contributed by atoms with Crippen molar-refractivity contribution in [3.63, 3.8) is 0 Å². The van der Waals surface area contributed by atoms with Gasteiger partial charge in [0.15, 0.2) is 0 Å². The molecule has 0 bridgehead atoms. The zero-order chi connectivity index (χ0) is 15.9. The van der Waals surface area contributed by atoms with Gasteiger partial charge in [-0.05, 0) is 44.1 Å². The molecule has 6 heteroatoms. The van der Waals surface area contributed by atoms with Crippen molar-refractivity contribution >= 4 is 39.2 Å². The van der Waals surface area contributed by atoms with E-state index in [2.05, 4.69) is 16.9 Å². The molecule has 2 aromatic heterocycles. The van der Waals surface area contributed by atoms with Crippen molar-refractivity contribution in [2.75, 3.05) is 0 Å². The van der Waals surface area contributed by atoms with Crippen molar-refractivity contribution < 1.29 is 4.79 Å². The summed E-state index contributed by atoms with van der Waals surface area (Å²) in [5.41, 5.74) is 6.91. The minimum absolute atomic E-state index is 0.226. The summed E-state index contributed by atoms with van der Waals surface area (Å²) in [6.07, 6.45) is 4.15. The van der Waals surface area contributed by atoms with Gasteiger partial charge >= 0.3 is 0 Å². The number of thiophene rings is 1. The van der Waals surface area contributed by atoms with E-state index in [1.165, 1.54) is 34.0 Å². The number of nitrogens with two attached hydrogens (primary N) is 1. The summed E-state index contributed by atoms with van der Waals surface area (Å²) < 4.78 is 0. The molecular weight excluding hydrogens is 314 g/mol. The summed E-state index contributed by atoms with van der Waals surface area (Å²) in [4.78, 5) is 23.3. The van der Waals surface area contributed by atoms with Crippen LogP contribution in [0.2, 0.25) is 0 Å². The highest BCUT2D eigenvalue weighted by Crippen LogP contribution is 2.41. The summed E-state index contributed by atoms with van der Waals surface area (Å²) in [5.74, 6) is 1.23. The monoisotopic (exact) mass is 335 g/mol. The number of amides is 1. The van der Waals surface area contributed by atoms with E-state index in [0.717, 1.165) is 34.4 Å². The molecular formula is C16H21N3OS2. The van der Waals surface area contributed by atoms with Crippen LogP contribution in [0.5, 0.6) is 0 Å². The van der Waals surface area contributed by atoms with Crippen molar-refractivity contribution in [3.8, 4) is 0 Å². The topological polar surface area (TPSA) is 68.9 Å². The Labute approximate surface area is 138 Å². The van der Waals surface area contributed by atoms with Crippen LogP contribution in [0.15, 0.2) is 5.03 Å². The van der Waals surface area contributed by atoms with Crippen LogP contribution in [-0.2, 0) is 17.6 Å². The molecule has 4 nitrogen and oxygen atoms in total. The van der Waals surface area contributed by atoms with E-state index in [-0.39, 0.29) is 11.2 Å². The summed E-state index contributed by atoms with van der Waals surface area (Å²) in [5, 5.41) is 1.87. The van der Waals surface area contributed by atoms with Gasteiger partial charge in [-0.1, -0.05) is 25.6 Å². The van der Waals surface area contributed by atoms with E-state index in [4.69, 9.17) is 5.73 Å². The largest absolute Gasteiger partial charge is 0.369 e. The fourth-order valence-electron chi connectivity index (χ4n) is 2.97. The van der Waals surface area contributed by atoms with Crippen molar-refractivity contribution in [1.82, 2.24) is 9.97 Å². The van der Waals surface area contributed by atoms with Crippen molar-refractivity contribution in [2.24, 2.45) is 11.7 Å². The Hall–Kier alpha value is -1.14. The Bertz CT molecular complexity index is 726. The fraction of sp³-hybridized carbons (Fsp3) is 0.562. The van der Waals surface area contributed by atoms with Crippen LogP contribution >= 0.6 is 23.1 Å². The quantitative estimate of drug-likeness (QED) is 0.686. The van der Waals surface area contributed by atoms with Gasteiger partial charge in [-0.2, -0.15) is 0 Å². The average Bonchev–Trinajstić information content (AvgIpc) is 2.80. The van der Waals surface area contributed by atoms with E-state index in [0.29, 0.717) is 6.42 Å². The number of primary amides is 1. The second-order valence-corrected chi connectivity index (χ2v) is 8.30. The molecule has 1 amide bonds. The maximum absolute atomic E-state index is 11.6. The molecule has 0 aliphatic heterocycles. The third-order valence-corrected chi connectivity index (χ3v) is 6.69. The van der Waals surface area contributed by atoms with Crippen molar-refractivity contribution in [3.05, 3.63) is 16.3 Å². The third kappa shape index (κ3) is 2.86.